The minimum Gasteiger partial charge on any atom is -0.496 e. The Bertz CT molecular complexity index is 568. The van der Waals surface area contributed by atoms with Crippen LogP contribution in [0.25, 0.3) is 0 Å². The van der Waals surface area contributed by atoms with Crippen molar-refractivity contribution in [3.05, 3.63) is 64.2 Å². The summed E-state index contributed by atoms with van der Waals surface area (Å²) in [6.07, 6.45) is 0.921. The lowest BCUT2D eigenvalue weighted by Crippen LogP contribution is -2.00. The van der Waals surface area contributed by atoms with E-state index in [2.05, 4.69) is 47.1 Å². The molecule has 2 aromatic carbocycles. The molecule has 0 aromatic heterocycles. The predicted octanol–water partition coefficient (Wildman–Crippen LogP) is 5.34. The maximum absolute atomic E-state index is 5.99. The fourth-order valence-corrected chi connectivity index (χ4v) is 2.98. The predicted molar refractivity (Wildman–Crippen MR) is 84.6 cm³/mol. The molecule has 0 radical (unpaired) electrons. The molecule has 3 heteroatoms. The molecule has 0 aliphatic carbocycles. The molecule has 1 unspecified atom stereocenters. The standard InChI is InChI=1S/C16H16BrClO/c1-11-5-3-4-6-12(11)9-15(17)14-8-7-13(18)10-16(14)19-2/h3-8,10,15H,9H2,1-2H3. The Morgan fingerprint density at radius 3 is 2.63 bits per heavy atom. The molecule has 0 bridgehead atoms. The fourth-order valence-electron chi connectivity index (χ4n) is 2.09. The summed E-state index contributed by atoms with van der Waals surface area (Å²) in [5.74, 6) is 0.822. The van der Waals surface area contributed by atoms with Gasteiger partial charge in [0.15, 0.2) is 0 Å². The van der Waals surface area contributed by atoms with Gasteiger partial charge >= 0.3 is 0 Å². The van der Waals surface area contributed by atoms with Gasteiger partial charge in [0, 0.05) is 15.4 Å². The lowest BCUT2D eigenvalue weighted by molar-refractivity contribution is 0.409. The highest BCUT2D eigenvalue weighted by atomic mass is 79.9. The SMILES string of the molecule is COc1cc(Cl)ccc1C(Br)Cc1ccccc1C. The highest BCUT2D eigenvalue weighted by Gasteiger charge is 2.15. The maximum atomic E-state index is 5.99. The first-order valence-corrected chi connectivity index (χ1v) is 7.43. The lowest BCUT2D eigenvalue weighted by atomic mass is 10.00. The van der Waals surface area contributed by atoms with Gasteiger partial charge in [0.05, 0.1) is 7.11 Å². The first-order valence-electron chi connectivity index (χ1n) is 6.14. The van der Waals surface area contributed by atoms with Gasteiger partial charge in [-0.15, -0.1) is 0 Å². The summed E-state index contributed by atoms with van der Waals surface area (Å²) < 4.78 is 5.40. The Labute approximate surface area is 127 Å². The van der Waals surface area contributed by atoms with Crippen molar-refractivity contribution in [2.45, 2.75) is 18.2 Å². The van der Waals surface area contributed by atoms with Gasteiger partial charge in [-0.2, -0.15) is 0 Å². The van der Waals surface area contributed by atoms with Gasteiger partial charge in [-0.3, -0.25) is 0 Å². The van der Waals surface area contributed by atoms with Crippen LogP contribution >= 0.6 is 27.5 Å². The van der Waals surface area contributed by atoms with E-state index in [0.717, 1.165) is 17.7 Å². The number of benzene rings is 2. The Morgan fingerprint density at radius 1 is 1.21 bits per heavy atom. The van der Waals surface area contributed by atoms with Crippen molar-refractivity contribution in [3.63, 3.8) is 0 Å². The number of hydrogen-bond acceptors (Lipinski definition) is 1. The van der Waals surface area contributed by atoms with E-state index >= 15 is 0 Å². The zero-order valence-electron chi connectivity index (χ0n) is 11.0. The quantitative estimate of drug-likeness (QED) is 0.684. The van der Waals surface area contributed by atoms with Crippen LogP contribution in [0.3, 0.4) is 0 Å². The van der Waals surface area contributed by atoms with E-state index in [4.69, 9.17) is 16.3 Å². The summed E-state index contributed by atoms with van der Waals surface area (Å²) in [7, 11) is 1.67. The topological polar surface area (TPSA) is 9.23 Å². The summed E-state index contributed by atoms with van der Waals surface area (Å²) in [4.78, 5) is 0.209. The summed E-state index contributed by atoms with van der Waals surface area (Å²) in [6.45, 7) is 2.13. The van der Waals surface area contributed by atoms with Crippen molar-refractivity contribution in [2.75, 3.05) is 7.11 Å². The molecular weight excluding hydrogens is 324 g/mol. The van der Waals surface area contributed by atoms with Crippen molar-refractivity contribution in [2.24, 2.45) is 0 Å². The molecule has 0 amide bonds. The maximum Gasteiger partial charge on any atom is 0.124 e. The summed E-state index contributed by atoms with van der Waals surface area (Å²) in [6, 6.07) is 14.2. The minimum absolute atomic E-state index is 0.209. The second kappa shape index (κ2) is 6.44. The fraction of sp³-hybridized carbons (Fsp3) is 0.250. The third-order valence-corrected chi connectivity index (χ3v) is 4.25. The monoisotopic (exact) mass is 338 g/mol. The van der Waals surface area contributed by atoms with Crippen molar-refractivity contribution < 1.29 is 4.74 Å². The van der Waals surface area contributed by atoms with Crippen LogP contribution in [0, 0.1) is 6.92 Å². The Morgan fingerprint density at radius 2 is 1.95 bits per heavy atom. The Hall–Kier alpha value is -0.990. The zero-order chi connectivity index (χ0) is 13.8. The van der Waals surface area contributed by atoms with E-state index in [1.165, 1.54) is 11.1 Å². The van der Waals surface area contributed by atoms with E-state index in [9.17, 15) is 0 Å². The van der Waals surface area contributed by atoms with Crippen LogP contribution in [0.15, 0.2) is 42.5 Å². The van der Waals surface area contributed by atoms with Gasteiger partial charge in [-0.25, -0.2) is 0 Å². The van der Waals surface area contributed by atoms with E-state index in [-0.39, 0.29) is 4.83 Å². The molecule has 0 N–H and O–H groups in total. The summed E-state index contributed by atoms with van der Waals surface area (Å²) >= 11 is 9.74. The number of hydrogen-bond donors (Lipinski definition) is 0. The molecule has 0 aliphatic rings. The van der Waals surface area contributed by atoms with E-state index < -0.39 is 0 Å². The van der Waals surface area contributed by atoms with Gasteiger partial charge in [-0.05, 0) is 36.6 Å². The summed E-state index contributed by atoms with van der Waals surface area (Å²) in [5, 5.41) is 0.691. The average molecular weight is 340 g/mol. The normalized spacial score (nSPS) is 12.2. The molecule has 19 heavy (non-hydrogen) atoms. The number of aryl methyl sites for hydroxylation is 1. The van der Waals surface area contributed by atoms with Crippen molar-refractivity contribution in [1.29, 1.82) is 0 Å². The van der Waals surface area contributed by atoms with Gasteiger partial charge in [-0.1, -0.05) is 57.9 Å². The van der Waals surface area contributed by atoms with Gasteiger partial charge in [0.2, 0.25) is 0 Å². The number of rotatable bonds is 4. The molecule has 1 atom stereocenters. The van der Waals surface area contributed by atoms with Crippen LogP contribution in [-0.4, -0.2) is 7.11 Å². The third kappa shape index (κ3) is 3.52. The number of methoxy groups -OCH3 is 1. The molecular formula is C16H16BrClO. The number of halogens is 2. The molecule has 0 saturated heterocycles. The summed E-state index contributed by atoms with van der Waals surface area (Å²) in [5.41, 5.74) is 3.76. The Kier molecular flexibility index (Phi) is 4.89. The molecule has 1 nitrogen and oxygen atoms in total. The van der Waals surface area contributed by atoms with Crippen LogP contribution < -0.4 is 4.74 Å². The van der Waals surface area contributed by atoms with E-state index in [1.807, 2.05) is 18.2 Å². The van der Waals surface area contributed by atoms with Crippen LogP contribution in [0.1, 0.15) is 21.5 Å². The zero-order valence-corrected chi connectivity index (χ0v) is 13.3. The van der Waals surface area contributed by atoms with Gasteiger partial charge in [0.1, 0.15) is 5.75 Å². The smallest absolute Gasteiger partial charge is 0.124 e. The first-order chi connectivity index (χ1) is 9.11. The van der Waals surface area contributed by atoms with Gasteiger partial charge in [0.25, 0.3) is 0 Å². The molecule has 0 heterocycles. The first kappa shape index (κ1) is 14.4. The van der Waals surface area contributed by atoms with Crippen molar-refractivity contribution in [3.8, 4) is 5.75 Å². The number of ether oxygens (including phenoxy) is 1. The second-order valence-electron chi connectivity index (χ2n) is 4.48. The van der Waals surface area contributed by atoms with Crippen LogP contribution in [0.5, 0.6) is 5.75 Å². The van der Waals surface area contributed by atoms with E-state index in [1.54, 1.807) is 7.11 Å². The number of alkyl halides is 1. The van der Waals surface area contributed by atoms with E-state index in [0.29, 0.717) is 5.02 Å². The van der Waals surface area contributed by atoms with Crippen LogP contribution in [-0.2, 0) is 6.42 Å². The second-order valence-corrected chi connectivity index (χ2v) is 6.03. The van der Waals surface area contributed by atoms with Crippen LogP contribution in [0.4, 0.5) is 0 Å². The van der Waals surface area contributed by atoms with Crippen molar-refractivity contribution >= 4 is 27.5 Å². The highest BCUT2D eigenvalue weighted by Crippen LogP contribution is 2.35. The molecule has 2 aromatic rings. The molecule has 0 saturated carbocycles. The average Bonchev–Trinajstić information content (AvgIpc) is 2.41. The van der Waals surface area contributed by atoms with Crippen molar-refractivity contribution in [1.82, 2.24) is 0 Å². The lowest BCUT2D eigenvalue weighted by Gasteiger charge is -2.15. The molecule has 0 fully saturated rings. The van der Waals surface area contributed by atoms with Crippen LogP contribution in [0.2, 0.25) is 5.02 Å². The minimum atomic E-state index is 0.209. The molecule has 100 valence electrons. The largest absolute Gasteiger partial charge is 0.496 e. The molecule has 0 spiro atoms. The molecule has 0 aliphatic heterocycles. The Balaban J connectivity index is 2.25. The van der Waals surface area contributed by atoms with Gasteiger partial charge < -0.3 is 4.74 Å². The molecule has 2 rings (SSSR count). The third-order valence-electron chi connectivity index (χ3n) is 3.19. The highest BCUT2D eigenvalue weighted by molar-refractivity contribution is 9.09.